The first-order valence-corrected chi connectivity index (χ1v) is 4.60. The summed E-state index contributed by atoms with van der Waals surface area (Å²) >= 11 is 5.18. The fourth-order valence-corrected chi connectivity index (χ4v) is 1.08. The van der Waals surface area contributed by atoms with E-state index < -0.39 is 0 Å². The lowest BCUT2D eigenvalue weighted by atomic mass is 10.2. The highest BCUT2D eigenvalue weighted by atomic mass is 32.1. The molecule has 0 aliphatic carbocycles. The summed E-state index contributed by atoms with van der Waals surface area (Å²) in [4.78, 5) is 0.766. The monoisotopic (exact) mass is 191 g/mol. The maximum Gasteiger partial charge on any atom is 0.110 e. The first-order chi connectivity index (χ1) is 6.20. The van der Waals surface area contributed by atoms with Crippen molar-refractivity contribution in [3.63, 3.8) is 0 Å². The molecule has 0 atom stereocenters. The summed E-state index contributed by atoms with van der Waals surface area (Å²) in [5.41, 5.74) is 2.26. The van der Waals surface area contributed by atoms with Crippen molar-refractivity contribution in [3.05, 3.63) is 47.7 Å². The number of rotatable bonds is 2. The van der Waals surface area contributed by atoms with Crippen LogP contribution in [-0.4, -0.2) is 4.99 Å². The zero-order chi connectivity index (χ0) is 9.68. The Hall–Kier alpha value is -1.15. The van der Waals surface area contributed by atoms with Gasteiger partial charge in [0, 0.05) is 11.8 Å². The largest absolute Gasteiger partial charge is 0.352 e. The van der Waals surface area contributed by atoms with Gasteiger partial charge in [-0.25, -0.2) is 0 Å². The molecule has 0 bridgehead atoms. The van der Waals surface area contributed by atoms with E-state index in [1.165, 1.54) is 5.57 Å². The van der Waals surface area contributed by atoms with Crippen molar-refractivity contribution in [3.8, 4) is 0 Å². The van der Waals surface area contributed by atoms with E-state index in [1.807, 2.05) is 50.4 Å². The molecule has 0 heterocycles. The minimum absolute atomic E-state index is 0.766. The summed E-state index contributed by atoms with van der Waals surface area (Å²) in [6.07, 6.45) is 1.91. The lowest BCUT2D eigenvalue weighted by Crippen LogP contribution is -2.15. The van der Waals surface area contributed by atoms with E-state index >= 15 is 0 Å². The molecule has 0 radical (unpaired) electrons. The zero-order valence-electron chi connectivity index (χ0n) is 7.87. The van der Waals surface area contributed by atoms with Crippen LogP contribution in [0.5, 0.6) is 0 Å². The van der Waals surface area contributed by atoms with E-state index in [9.17, 15) is 0 Å². The second kappa shape index (κ2) is 4.77. The van der Waals surface area contributed by atoms with Gasteiger partial charge in [-0.1, -0.05) is 48.1 Å². The highest BCUT2D eigenvalue weighted by molar-refractivity contribution is 7.80. The number of nitrogens with one attached hydrogen (secondary N) is 1. The summed E-state index contributed by atoms with van der Waals surface area (Å²) in [5.74, 6) is 0. The average Bonchev–Trinajstić information content (AvgIpc) is 2.15. The summed E-state index contributed by atoms with van der Waals surface area (Å²) in [7, 11) is 0. The van der Waals surface area contributed by atoms with Crippen molar-refractivity contribution in [1.29, 1.82) is 0 Å². The SMILES string of the molecule is CC(C)=CNC(=S)c1ccccc1. The lowest BCUT2D eigenvalue weighted by Gasteiger charge is -2.03. The van der Waals surface area contributed by atoms with E-state index in [1.54, 1.807) is 0 Å². The number of hydrogen-bond donors (Lipinski definition) is 1. The maximum absolute atomic E-state index is 5.18. The third-order valence-electron chi connectivity index (χ3n) is 1.53. The van der Waals surface area contributed by atoms with Crippen LogP contribution in [0.2, 0.25) is 0 Å². The molecule has 0 amide bonds. The van der Waals surface area contributed by atoms with E-state index in [2.05, 4.69) is 5.32 Å². The molecule has 0 saturated carbocycles. The molecular weight excluding hydrogens is 178 g/mol. The van der Waals surface area contributed by atoms with Crippen molar-refractivity contribution in [2.45, 2.75) is 13.8 Å². The van der Waals surface area contributed by atoms with Gasteiger partial charge in [-0.05, 0) is 13.8 Å². The predicted octanol–water partition coefficient (Wildman–Crippen LogP) is 2.88. The molecule has 1 rings (SSSR count). The molecule has 0 saturated heterocycles. The highest BCUT2D eigenvalue weighted by Gasteiger charge is 1.95. The normalized spacial score (nSPS) is 9.08. The molecule has 68 valence electrons. The number of allylic oxidation sites excluding steroid dienone is 1. The molecule has 0 unspecified atom stereocenters. The van der Waals surface area contributed by atoms with Gasteiger partial charge in [0.25, 0.3) is 0 Å². The van der Waals surface area contributed by atoms with Crippen LogP contribution in [-0.2, 0) is 0 Å². The van der Waals surface area contributed by atoms with Gasteiger partial charge >= 0.3 is 0 Å². The second-order valence-electron chi connectivity index (χ2n) is 3.06. The lowest BCUT2D eigenvalue weighted by molar-refractivity contribution is 1.22. The van der Waals surface area contributed by atoms with Crippen LogP contribution in [0.3, 0.4) is 0 Å². The number of thiocarbonyl (C=S) groups is 1. The van der Waals surface area contributed by atoms with Gasteiger partial charge < -0.3 is 5.32 Å². The minimum atomic E-state index is 0.766. The molecule has 0 aromatic heterocycles. The molecule has 1 aromatic rings. The Labute approximate surface area is 84.5 Å². The van der Waals surface area contributed by atoms with E-state index in [4.69, 9.17) is 12.2 Å². The van der Waals surface area contributed by atoms with Crippen LogP contribution >= 0.6 is 12.2 Å². The van der Waals surface area contributed by atoms with Gasteiger partial charge in [0.15, 0.2) is 0 Å². The van der Waals surface area contributed by atoms with Crippen LogP contribution in [0, 0.1) is 0 Å². The second-order valence-corrected chi connectivity index (χ2v) is 3.47. The van der Waals surface area contributed by atoms with Crippen LogP contribution in [0.15, 0.2) is 42.1 Å². The molecule has 0 aliphatic heterocycles. The predicted molar refractivity (Wildman–Crippen MR) is 60.7 cm³/mol. The smallest absolute Gasteiger partial charge is 0.110 e. The van der Waals surface area contributed by atoms with Crippen LogP contribution < -0.4 is 5.32 Å². The average molecular weight is 191 g/mol. The van der Waals surface area contributed by atoms with Gasteiger partial charge in [0.1, 0.15) is 4.99 Å². The van der Waals surface area contributed by atoms with Gasteiger partial charge in [0.2, 0.25) is 0 Å². The van der Waals surface area contributed by atoms with Crippen molar-refractivity contribution >= 4 is 17.2 Å². The summed E-state index contributed by atoms with van der Waals surface area (Å²) in [6.45, 7) is 4.06. The van der Waals surface area contributed by atoms with Crippen LogP contribution in [0.1, 0.15) is 19.4 Å². The Morgan fingerprint density at radius 2 is 1.85 bits per heavy atom. The summed E-state index contributed by atoms with van der Waals surface area (Å²) in [5, 5.41) is 3.07. The highest BCUT2D eigenvalue weighted by Crippen LogP contribution is 1.99. The Bertz CT molecular complexity index is 310. The van der Waals surface area contributed by atoms with Gasteiger partial charge in [0.05, 0.1) is 0 Å². The van der Waals surface area contributed by atoms with Crippen LogP contribution in [0.25, 0.3) is 0 Å². The number of benzene rings is 1. The third-order valence-corrected chi connectivity index (χ3v) is 1.88. The van der Waals surface area contributed by atoms with E-state index in [0.717, 1.165) is 10.6 Å². The van der Waals surface area contributed by atoms with Crippen molar-refractivity contribution in [2.75, 3.05) is 0 Å². The molecule has 1 N–H and O–H groups in total. The van der Waals surface area contributed by atoms with Gasteiger partial charge in [-0.3, -0.25) is 0 Å². The Morgan fingerprint density at radius 1 is 1.23 bits per heavy atom. The fourth-order valence-electron chi connectivity index (χ4n) is 0.883. The number of hydrogen-bond acceptors (Lipinski definition) is 1. The summed E-state index contributed by atoms with van der Waals surface area (Å²) in [6, 6.07) is 9.92. The quantitative estimate of drug-likeness (QED) is 0.721. The first kappa shape index (κ1) is 9.93. The first-order valence-electron chi connectivity index (χ1n) is 4.19. The Morgan fingerprint density at radius 3 is 2.38 bits per heavy atom. The molecule has 13 heavy (non-hydrogen) atoms. The zero-order valence-corrected chi connectivity index (χ0v) is 8.69. The molecule has 1 nitrogen and oxygen atoms in total. The minimum Gasteiger partial charge on any atom is -0.352 e. The molecular formula is C11H13NS. The van der Waals surface area contributed by atoms with Crippen molar-refractivity contribution in [1.82, 2.24) is 5.32 Å². The maximum atomic E-state index is 5.18. The van der Waals surface area contributed by atoms with Gasteiger partial charge in [-0.15, -0.1) is 0 Å². The van der Waals surface area contributed by atoms with E-state index in [0.29, 0.717) is 0 Å². The third kappa shape index (κ3) is 3.38. The Kier molecular flexibility index (Phi) is 3.65. The van der Waals surface area contributed by atoms with Crippen molar-refractivity contribution < 1.29 is 0 Å². The summed E-state index contributed by atoms with van der Waals surface area (Å²) < 4.78 is 0. The molecule has 0 spiro atoms. The van der Waals surface area contributed by atoms with Crippen LogP contribution in [0.4, 0.5) is 0 Å². The fraction of sp³-hybridized carbons (Fsp3) is 0.182. The van der Waals surface area contributed by atoms with Gasteiger partial charge in [-0.2, -0.15) is 0 Å². The molecule has 1 aromatic carbocycles. The molecule has 0 aliphatic rings. The molecule has 0 fully saturated rings. The standard InChI is InChI=1S/C11H13NS/c1-9(2)8-12-11(13)10-6-4-3-5-7-10/h3-8H,1-2H3,(H,12,13). The van der Waals surface area contributed by atoms with Crippen molar-refractivity contribution in [2.24, 2.45) is 0 Å². The topological polar surface area (TPSA) is 12.0 Å². The van der Waals surface area contributed by atoms with E-state index in [-0.39, 0.29) is 0 Å². The molecule has 2 heteroatoms. The Balaban J connectivity index is 2.65.